The van der Waals surface area contributed by atoms with Crippen molar-refractivity contribution in [3.63, 3.8) is 0 Å². The molecule has 3 heteroatoms. The third-order valence-electron chi connectivity index (χ3n) is 1.94. The van der Waals surface area contributed by atoms with Crippen molar-refractivity contribution in [3.05, 3.63) is 48.0 Å². The van der Waals surface area contributed by atoms with Gasteiger partial charge in [0.1, 0.15) is 0 Å². The fourth-order valence-electron chi connectivity index (χ4n) is 1.18. The van der Waals surface area contributed by atoms with Crippen LogP contribution in [0.3, 0.4) is 0 Å². The van der Waals surface area contributed by atoms with Crippen molar-refractivity contribution >= 4 is 5.97 Å². The third kappa shape index (κ3) is 4.42. The molecule has 0 fully saturated rings. The maximum atomic E-state index is 10.7. The average Bonchev–Trinajstić information content (AvgIpc) is 2.27. The molecule has 15 heavy (non-hydrogen) atoms. The van der Waals surface area contributed by atoms with E-state index in [1.807, 2.05) is 30.3 Å². The highest BCUT2D eigenvalue weighted by Crippen LogP contribution is 2.03. The molecule has 1 rings (SSSR count). The molecule has 0 saturated heterocycles. The van der Waals surface area contributed by atoms with Crippen LogP contribution in [0.1, 0.15) is 5.56 Å². The van der Waals surface area contributed by atoms with Gasteiger partial charge in [-0.2, -0.15) is 0 Å². The number of hydrogen-bond donors (Lipinski definition) is 1. The van der Waals surface area contributed by atoms with E-state index in [1.165, 1.54) is 19.3 Å². The van der Waals surface area contributed by atoms with Crippen LogP contribution in [-0.2, 0) is 16.0 Å². The number of aliphatic hydroxyl groups excluding tert-OH is 1. The Morgan fingerprint density at radius 1 is 1.47 bits per heavy atom. The zero-order chi connectivity index (χ0) is 11.1. The molecule has 80 valence electrons. The monoisotopic (exact) mass is 206 g/mol. The molecule has 0 spiro atoms. The van der Waals surface area contributed by atoms with Crippen LogP contribution in [0, 0.1) is 0 Å². The molecule has 1 aromatic rings. The van der Waals surface area contributed by atoms with Crippen molar-refractivity contribution in [3.8, 4) is 0 Å². The topological polar surface area (TPSA) is 46.5 Å². The predicted molar refractivity (Wildman–Crippen MR) is 57.3 cm³/mol. The van der Waals surface area contributed by atoms with E-state index in [0.29, 0.717) is 6.42 Å². The van der Waals surface area contributed by atoms with Gasteiger partial charge >= 0.3 is 5.97 Å². The SMILES string of the molecule is COC(=O)/C=C/C(O)Cc1ccccc1. The molecule has 0 aliphatic carbocycles. The highest BCUT2D eigenvalue weighted by Gasteiger charge is 2.01. The molecule has 0 bridgehead atoms. The van der Waals surface area contributed by atoms with Crippen LogP contribution in [0.25, 0.3) is 0 Å². The van der Waals surface area contributed by atoms with Crippen LogP contribution < -0.4 is 0 Å². The van der Waals surface area contributed by atoms with Gasteiger partial charge in [0, 0.05) is 12.5 Å². The fourth-order valence-corrected chi connectivity index (χ4v) is 1.18. The highest BCUT2D eigenvalue weighted by atomic mass is 16.5. The molecule has 0 amide bonds. The van der Waals surface area contributed by atoms with E-state index in [1.54, 1.807) is 0 Å². The molecule has 1 aromatic carbocycles. The number of benzene rings is 1. The number of esters is 1. The minimum absolute atomic E-state index is 0.456. The molecule has 0 radical (unpaired) electrons. The highest BCUT2D eigenvalue weighted by molar-refractivity contribution is 5.81. The van der Waals surface area contributed by atoms with Gasteiger partial charge < -0.3 is 9.84 Å². The Hall–Kier alpha value is -1.61. The number of hydrogen-bond acceptors (Lipinski definition) is 3. The van der Waals surface area contributed by atoms with Crippen molar-refractivity contribution in [2.45, 2.75) is 12.5 Å². The lowest BCUT2D eigenvalue weighted by Gasteiger charge is -2.04. The van der Waals surface area contributed by atoms with Gasteiger partial charge in [-0.15, -0.1) is 0 Å². The van der Waals surface area contributed by atoms with Crippen LogP contribution in [0.5, 0.6) is 0 Å². The van der Waals surface area contributed by atoms with Gasteiger partial charge in [-0.1, -0.05) is 30.3 Å². The maximum Gasteiger partial charge on any atom is 0.330 e. The van der Waals surface area contributed by atoms with Gasteiger partial charge in [0.2, 0.25) is 0 Å². The van der Waals surface area contributed by atoms with E-state index in [4.69, 9.17) is 0 Å². The summed E-state index contributed by atoms with van der Waals surface area (Å²) >= 11 is 0. The number of ether oxygens (including phenoxy) is 1. The molecular formula is C12H14O3. The summed E-state index contributed by atoms with van der Waals surface area (Å²) < 4.78 is 4.41. The fraction of sp³-hybridized carbons (Fsp3) is 0.250. The van der Waals surface area contributed by atoms with Crippen LogP contribution in [0.15, 0.2) is 42.5 Å². The van der Waals surface area contributed by atoms with Gasteiger partial charge in [-0.3, -0.25) is 0 Å². The second kappa shape index (κ2) is 5.98. The van der Waals surface area contributed by atoms with E-state index < -0.39 is 12.1 Å². The summed E-state index contributed by atoms with van der Waals surface area (Å²) in [5, 5.41) is 9.55. The lowest BCUT2D eigenvalue weighted by molar-refractivity contribution is -0.134. The van der Waals surface area contributed by atoms with E-state index in [2.05, 4.69) is 4.74 Å². The molecule has 0 saturated carbocycles. The van der Waals surface area contributed by atoms with Crippen molar-refractivity contribution in [1.82, 2.24) is 0 Å². The Morgan fingerprint density at radius 3 is 2.73 bits per heavy atom. The molecule has 1 unspecified atom stereocenters. The molecule has 0 aromatic heterocycles. The molecule has 3 nitrogen and oxygen atoms in total. The van der Waals surface area contributed by atoms with Gasteiger partial charge in [0.25, 0.3) is 0 Å². The second-order valence-corrected chi connectivity index (χ2v) is 3.14. The van der Waals surface area contributed by atoms with Crippen LogP contribution in [-0.4, -0.2) is 24.3 Å². The molecule has 0 aliphatic heterocycles. The summed E-state index contributed by atoms with van der Waals surface area (Å²) in [7, 11) is 1.30. The summed E-state index contributed by atoms with van der Waals surface area (Å²) in [4.78, 5) is 10.7. The van der Waals surface area contributed by atoms with Gasteiger partial charge in [0.15, 0.2) is 0 Å². The lowest BCUT2D eigenvalue weighted by Crippen LogP contribution is -2.07. The summed E-state index contributed by atoms with van der Waals surface area (Å²) in [5.41, 5.74) is 1.03. The zero-order valence-electron chi connectivity index (χ0n) is 8.59. The third-order valence-corrected chi connectivity index (χ3v) is 1.94. The van der Waals surface area contributed by atoms with E-state index >= 15 is 0 Å². The summed E-state index contributed by atoms with van der Waals surface area (Å²) in [6, 6.07) is 9.59. The second-order valence-electron chi connectivity index (χ2n) is 3.14. The molecule has 0 heterocycles. The number of carbonyl (C=O) groups excluding carboxylic acids is 1. The molecular weight excluding hydrogens is 192 g/mol. The Balaban J connectivity index is 2.46. The molecule has 1 atom stereocenters. The van der Waals surface area contributed by atoms with E-state index in [9.17, 15) is 9.90 Å². The van der Waals surface area contributed by atoms with Crippen molar-refractivity contribution in [2.75, 3.05) is 7.11 Å². The zero-order valence-corrected chi connectivity index (χ0v) is 8.59. The number of aliphatic hydroxyl groups is 1. The smallest absolute Gasteiger partial charge is 0.330 e. The largest absolute Gasteiger partial charge is 0.466 e. The van der Waals surface area contributed by atoms with E-state index in [-0.39, 0.29) is 0 Å². The Kier molecular flexibility index (Phi) is 4.57. The first-order chi connectivity index (χ1) is 7.22. The summed E-state index contributed by atoms with van der Waals surface area (Å²) in [5.74, 6) is -0.456. The van der Waals surface area contributed by atoms with Crippen molar-refractivity contribution in [2.24, 2.45) is 0 Å². The molecule has 1 N–H and O–H groups in total. The van der Waals surface area contributed by atoms with E-state index in [0.717, 1.165) is 5.56 Å². The summed E-state index contributed by atoms with van der Waals surface area (Å²) in [6.45, 7) is 0. The Labute approximate surface area is 89.0 Å². The number of methoxy groups -OCH3 is 1. The first-order valence-corrected chi connectivity index (χ1v) is 4.70. The van der Waals surface area contributed by atoms with Gasteiger partial charge in [-0.25, -0.2) is 4.79 Å². The quantitative estimate of drug-likeness (QED) is 0.597. The van der Waals surface area contributed by atoms with Crippen LogP contribution in [0.2, 0.25) is 0 Å². The lowest BCUT2D eigenvalue weighted by atomic mass is 10.1. The van der Waals surface area contributed by atoms with Crippen molar-refractivity contribution < 1.29 is 14.6 Å². The molecule has 0 aliphatic rings. The minimum atomic E-state index is -0.661. The van der Waals surface area contributed by atoms with Gasteiger partial charge in [0.05, 0.1) is 13.2 Å². The minimum Gasteiger partial charge on any atom is -0.466 e. The van der Waals surface area contributed by atoms with Crippen LogP contribution >= 0.6 is 0 Å². The summed E-state index contributed by atoms with van der Waals surface area (Å²) in [6.07, 6.45) is 2.49. The Morgan fingerprint density at radius 2 is 2.13 bits per heavy atom. The van der Waals surface area contributed by atoms with Gasteiger partial charge in [-0.05, 0) is 11.6 Å². The number of rotatable bonds is 4. The average molecular weight is 206 g/mol. The van der Waals surface area contributed by atoms with Crippen molar-refractivity contribution in [1.29, 1.82) is 0 Å². The first-order valence-electron chi connectivity index (χ1n) is 4.70. The maximum absolute atomic E-state index is 10.7. The standard InChI is InChI=1S/C12H14O3/c1-15-12(14)8-7-11(13)9-10-5-3-2-4-6-10/h2-8,11,13H,9H2,1H3/b8-7+. The first kappa shape index (κ1) is 11.5. The Bertz CT molecular complexity index is 330. The van der Waals surface area contributed by atoms with Crippen LogP contribution in [0.4, 0.5) is 0 Å². The normalized spacial score (nSPS) is 12.7. The predicted octanol–water partition coefficient (Wildman–Crippen LogP) is 1.32. The number of carbonyl (C=O) groups is 1.